The molecule has 0 spiro atoms. The molecule has 0 aliphatic rings. The van der Waals surface area contributed by atoms with Gasteiger partial charge in [0, 0.05) is 7.05 Å². The number of hydrogen-bond donors (Lipinski definition) is 2. The van der Waals surface area contributed by atoms with E-state index in [4.69, 9.17) is 0 Å². The lowest BCUT2D eigenvalue weighted by atomic mass is 10.1. The molecule has 0 radical (unpaired) electrons. The molecular weight excluding hydrogens is 283 g/mol. The van der Waals surface area contributed by atoms with Gasteiger partial charge in [0.1, 0.15) is 5.56 Å². The number of anilines is 2. The van der Waals surface area contributed by atoms with Crippen molar-refractivity contribution in [2.45, 2.75) is 0 Å². The molecule has 2 N–H and O–H groups in total. The van der Waals surface area contributed by atoms with E-state index < -0.39 is 22.3 Å². The Balaban J connectivity index is 2.41. The number of carbonyl (C=O) groups is 1. The number of nitro groups is 1. The van der Waals surface area contributed by atoms with Crippen LogP contribution < -0.4 is 10.6 Å². The zero-order valence-corrected chi connectivity index (χ0v) is 10.7. The van der Waals surface area contributed by atoms with E-state index in [2.05, 4.69) is 25.8 Å². The van der Waals surface area contributed by atoms with Crippen LogP contribution in [0.3, 0.4) is 0 Å². The van der Waals surface area contributed by atoms with E-state index in [0.717, 1.165) is 6.07 Å². The van der Waals surface area contributed by atoms with Crippen LogP contribution in [0, 0.1) is 15.9 Å². The van der Waals surface area contributed by atoms with Crippen LogP contribution in [0.4, 0.5) is 21.7 Å². The van der Waals surface area contributed by atoms with Crippen molar-refractivity contribution in [1.29, 1.82) is 0 Å². The molecule has 0 fully saturated rings. The number of nitrogens with one attached hydrogen (secondary N) is 2. The van der Waals surface area contributed by atoms with Gasteiger partial charge in [0.15, 0.2) is 5.82 Å². The number of benzene rings is 1. The third-order valence-corrected chi connectivity index (χ3v) is 2.50. The van der Waals surface area contributed by atoms with E-state index in [1.807, 2.05) is 0 Å². The summed E-state index contributed by atoms with van der Waals surface area (Å²) in [6.45, 7) is 0. The first-order chi connectivity index (χ1) is 10.0. The van der Waals surface area contributed by atoms with Crippen LogP contribution in [-0.4, -0.2) is 33.1 Å². The fourth-order valence-corrected chi connectivity index (χ4v) is 1.56. The summed E-state index contributed by atoms with van der Waals surface area (Å²) < 4.78 is 13.5. The highest BCUT2D eigenvalue weighted by Crippen LogP contribution is 2.26. The van der Waals surface area contributed by atoms with Crippen LogP contribution in [0.1, 0.15) is 10.4 Å². The van der Waals surface area contributed by atoms with E-state index >= 15 is 0 Å². The molecule has 1 amide bonds. The van der Waals surface area contributed by atoms with Crippen LogP contribution >= 0.6 is 0 Å². The lowest BCUT2D eigenvalue weighted by Gasteiger charge is -2.07. The largest absolute Gasteiger partial charge is 0.386 e. The number of nitro benzene ring substituents is 1. The summed E-state index contributed by atoms with van der Waals surface area (Å²) in [6.07, 6.45) is 2.59. The lowest BCUT2D eigenvalue weighted by molar-refractivity contribution is -0.385. The van der Waals surface area contributed by atoms with Crippen LogP contribution in [0.15, 0.2) is 24.5 Å². The molecule has 0 atom stereocenters. The zero-order valence-electron chi connectivity index (χ0n) is 10.7. The van der Waals surface area contributed by atoms with Gasteiger partial charge in [-0.05, 0) is 6.07 Å². The lowest BCUT2D eigenvalue weighted by Crippen LogP contribution is -2.16. The van der Waals surface area contributed by atoms with Gasteiger partial charge in [-0.2, -0.15) is 5.10 Å². The van der Waals surface area contributed by atoms with Crippen LogP contribution in [-0.2, 0) is 0 Å². The molecule has 2 rings (SSSR count). The SMILES string of the molecule is CNc1cc(C(=O)Nc2nccnn2)c([N+](=O)[O-])cc1F. The third-order valence-electron chi connectivity index (χ3n) is 2.50. The Labute approximate surface area is 117 Å². The summed E-state index contributed by atoms with van der Waals surface area (Å²) in [5, 5.41) is 22.7. The minimum absolute atomic E-state index is 0.0437. The number of aromatic nitrogens is 3. The molecule has 1 aromatic heterocycles. The van der Waals surface area contributed by atoms with E-state index in [9.17, 15) is 19.3 Å². The second-order valence-electron chi connectivity index (χ2n) is 3.78. The number of nitrogens with zero attached hydrogens (tertiary/aromatic N) is 4. The summed E-state index contributed by atoms with van der Waals surface area (Å²) in [5.41, 5.74) is -1.02. The van der Waals surface area contributed by atoms with Gasteiger partial charge >= 0.3 is 0 Å². The van der Waals surface area contributed by atoms with Crippen molar-refractivity contribution in [3.63, 3.8) is 0 Å². The second-order valence-corrected chi connectivity index (χ2v) is 3.78. The van der Waals surface area contributed by atoms with Gasteiger partial charge in [-0.15, -0.1) is 5.10 Å². The molecule has 0 bridgehead atoms. The molecule has 2 aromatic rings. The van der Waals surface area contributed by atoms with Crippen molar-refractivity contribution in [2.75, 3.05) is 17.7 Å². The molecule has 10 heteroatoms. The van der Waals surface area contributed by atoms with Crippen LogP contribution in [0.2, 0.25) is 0 Å². The molecule has 108 valence electrons. The Hall–Kier alpha value is -3.17. The Morgan fingerprint density at radius 2 is 2.14 bits per heavy atom. The standard InChI is InChI=1S/C11H9FN6O3/c1-13-8-4-6(9(18(20)21)5-7(8)12)10(19)16-11-14-2-3-15-17-11/h2-5,13H,1H3,(H,14,16,17,19). The smallest absolute Gasteiger partial charge is 0.285 e. The van der Waals surface area contributed by atoms with E-state index in [0.29, 0.717) is 6.07 Å². The maximum Gasteiger partial charge on any atom is 0.285 e. The van der Waals surface area contributed by atoms with Gasteiger partial charge in [-0.1, -0.05) is 0 Å². The highest BCUT2D eigenvalue weighted by molar-refractivity contribution is 6.06. The minimum Gasteiger partial charge on any atom is -0.386 e. The Morgan fingerprint density at radius 3 is 2.71 bits per heavy atom. The van der Waals surface area contributed by atoms with Gasteiger partial charge < -0.3 is 5.32 Å². The van der Waals surface area contributed by atoms with E-state index in [1.165, 1.54) is 19.4 Å². The molecule has 1 aromatic carbocycles. The summed E-state index contributed by atoms with van der Waals surface area (Å²) >= 11 is 0. The zero-order chi connectivity index (χ0) is 15.4. The average molecular weight is 292 g/mol. The predicted octanol–water partition coefficient (Wildman–Crippen LogP) is 1.21. The quantitative estimate of drug-likeness (QED) is 0.641. The molecule has 0 unspecified atom stereocenters. The maximum atomic E-state index is 13.5. The van der Waals surface area contributed by atoms with Crippen molar-refractivity contribution in [1.82, 2.24) is 15.2 Å². The van der Waals surface area contributed by atoms with E-state index in [-0.39, 0.29) is 17.2 Å². The molecule has 0 aliphatic heterocycles. The first-order valence-electron chi connectivity index (χ1n) is 5.63. The van der Waals surface area contributed by atoms with Gasteiger partial charge in [-0.25, -0.2) is 9.37 Å². The summed E-state index contributed by atoms with van der Waals surface area (Å²) in [5.74, 6) is -1.79. The molecule has 0 saturated heterocycles. The summed E-state index contributed by atoms with van der Waals surface area (Å²) in [7, 11) is 1.43. The monoisotopic (exact) mass is 292 g/mol. The van der Waals surface area contributed by atoms with Crippen molar-refractivity contribution < 1.29 is 14.1 Å². The topological polar surface area (TPSA) is 123 Å². The Morgan fingerprint density at radius 1 is 1.38 bits per heavy atom. The Kier molecular flexibility index (Phi) is 3.97. The van der Waals surface area contributed by atoms with Crippen LogP contribution in [0.25, 0.3) is 0 Å². The highest BCUT2D eigenvalue weighted by Gasteiger charge is 2.24. The molecule has 0 aliphatic carbocycles. The molecule has 9 nitrogen and oxygen atoms in total. The van der Waals surface area contributed by atoms with Crippen LogP contribution in [0.5, 0.6) is 0 Å². The molecule has 0 saturated carbocycles. The second kappa shape index (κ2) is 5.86. The fourth-order valence-electron chi connectivity index (χ4n) is 1.56. The first-order valence-corrected chi connectivity index (χ1v) is 5.63. The van der Waals surface area contributed by atoms with Crippen molar-refractivity contribution >= 4 is 23.2 Å². The average Bonchev–Trinajstić information content (AvgIpc) is 2.47. The van der Waals surface area contributed by atoms with Gasteiger partial charge in [0.05, 0.1) is 29.1 Å². The summed E-state index contributed by atoms with van der Waals surface area (Å²) in [6, 6.07) is 1.71. The summed E-state index contributed by atoms with van der Waals surface area (Å²) in [4.78, 5) is 25.8. The van der Waals surface area contributed by atoms with E-state index in [1.54, 1.807) is 0 Å². The van der Waals surface area contributed by atoms with Gasteiger partial charge in [0.25, 0.3) is 11.6 Å². The van der Waals surface area contributed by atoms with Crippen molar-refractivity contribution in [2.24, 2.45) is 0 Å². The number of carbonyl (C=O) groups excluding carboxylic acids is 1. The maximum absolute atomic E-state index is 13.5. The first kappa shape index (κ1) is 14.2. The highest BCUT2D eigenvalue weighted by atomic mass is 19.1. The fraction of sp³-hybridized carbons (Fsp3) is 0.0909. The normalized spacial score (nSPS) is 10.0. The van der Waals surface area contributed by atoms with Crippen molar-refractivity contribution in [3.8, 4) is 0 Å². The molecular formula is C11H9FN6O3. The van der Waals surface area contributed by atoms with Crippen molar-refractivity contribution in [3.05, 3.63) is 46.0 Å². The van der Waals surface area contributed by atoms with Gasteiger partial charge in [-0.3, -0.25) is 20.2 Å². The number of halogens is 1. The number of amides is 1. The van der Waals surface area contributed by atoms with Gasteiger partial charge in [0.2, 0.25) is 5.95 Å². The number of rotatable bonds is 4. The number of hydrogen-bond acceptors (Lipinski definition) is 7. The third kappa shape index (κ3) is 3.05. The molecule has 21 heavy (non-hydrogen) atoms. The minimum atomic E-state index is -0.846. The molecule has 1 heterocycles. The predicted molar refractivity (Wildman–Crippen MR) is 70.4 cm³/mol. The Bertz CT molecular complexity index is 694.